The van der Waals surface area contributed by atoms with Crippen LogP contribution in [0.3, 0.4) is 0 Å². The van der Waals surface area contributed by atoms with E-state index in [2.05, 4.69) is 0 Å². The van der Waals surface area contributed by atoms with Crippen LogP contribution in [-0.2, 0) is 14.3 Å². The van der Waals surface area contributed by atoms with Crippen LogP contribution < -0.4 is 0 Å². The Morgan fingerprint density at radius 1 is 1.11 bits per heavy atom. The van der Waals surface area contributed by atoms with Gasteiger partial charge in [-0.1, -0.05) is 57.8 Å². The van der Waals surface area contributed by atoms with E-state index in [9.17, 15) is 4.79 Å². The average Bonchev–Trinajstić information content (AvgIpc) is 3.31. The minimum absolute atomic E-state index is 0.187. The van der Waals surface area contributed by atoms with E-state index < -0.39 is 5.60 Å². The second-order valence-corrected chi connectivity index (χ2v) is 6.23. The smallest absolute Gasteiger partial charge is 0.340 e. The summed E-state index contributed by atoms with van der Waals surface area (Å²) in [5.74, 6) is 0.903. The second kappa shape index (κ2) is 7.28. The Balaban J connectivity index is 1.37. The molecule has 0 amide bonds. The standard InChI is InChI=1S/C16H28O3/c1-18-15(17)16(13-19-16)12-8-6-4-2-3-5-7-9-14-10-11-14/h14H,2-13H2,1H3. The molecule has 0 spiro atoms. The lowest BCUT2D eigenvalue weighted by Gasteiger charge is -2.08. The van der Waals surface area contributed by atoms with Crippen molar-refractivity contribution in [3.8, 4) is 0 Å². The van der Waals surface area contributed by atoms with Crippen molar-refractivity contribution >= 4 is 5.97 Å². The zero-order valence-electron chi connectivity index (χ0n) is 12.3. The van der Waals surface area contributed by atoms with E-state index in [0.717, 1.165) is 18.8 Å². The minimum atomic E-state index is -0.557. The summed E-state index contributed by atoms with van der Waals surface area (Å²) < 4.78 is 10.0. The van der Waals surface area contributed by atoms with Crippen molar-refractivity contribution < 1.29 is 14.3 Å². The van der Waals surface area contributed by atoms with E-state index >= 15 is 0 Å². The van der Waals surface area contributed by atoms with Crippen molar-refractivity contribution in [3.05, 3.63) is 0 Å². The van der Waals surface area contributed by atoms with Gasteiger partial charge in [0.1, 0.15) is 0 Å². The van der Waals surface area contributed by atoms with Crippen LogP contribution in [0, 0.1) is 5.92 Å². The van der Waals surface area contributed by atoms with Gasteiger partial charge in [0.05, 0.1) is 13.7 Å². The summed E-state index contributed by atoms with van der Waals surface area (Å²) in [5, 5.41) is 0. The monoisotopic (exact) mass is 268 g/mol. The summed E-state index contributed by atoms with van der Waals surface area (Å²) in [7, 11) is 1.44. The molecule has 0 N–H and O–H groups in total. The van der Waals surface area contributed by atoms with Gasteiger partial charge < -0.3 is 9.47 Å². The van der Waals surface area contributed by atoms with Gasteiger partial charge in [-0.05, 0) is 18.8 Å². The third kappa shape index (κ3) is 5.13. The first kappa shape index (κ1) is 14.8. The molecule has 0 radical (unpaired) electrons. The molecule has 1 aliphatic carbocycles. The molecule has 0 aromatic rings. The van der Waals surface area contributed by atoms with Crippen LogP contribution in [0.15, 0.2) is 0 Å². The van der Waals surface area contributed by atoms with Gasteiger partial charge in [-0.2, -0.15) is 0 Å². The van der Waals surface area contributed by atoms with E-state index in [1.807, 2.05) is 0 Å². The number of methoxy groups -OCH3 is 1. The van der Waals surface area contributed by atoms with Crippen molar-refractivity contribution in [1.29, 1.82) is 0 Å². The van der Waals surface area contributed by atoms with Gasteiger partial charge in [-0.3, -0.25) is 0 Å². The molecule has 1 saturated heterocycles. The summed E-state index contributed by atoms with van der Waals surface area (Å²) in [6, 6.07) is 0. The molecular formula is C16H28O3. The molecule has 3 heteroatoms. The zero-order valence-corrected chi connectivity index (χ0v) is 12.3. The Morgan fingerprint density at radius 2 is 1.68 bits per heavy atom. The molecule has 0 aromatic carbocycles. The summed E-state index contributed by atoms with van der Waals surface area (Å²) in [5.41, 5.74) is -0.557. The first-order valence-corrected chi connectivity index (χ1v) is 7.99. The Bertz CT molecular complexity index is 280. The number of esters is 1. The minimum Gasteiger partial charge on any atom is -0.467 e. The SMILES string of the molecule is COC(=O)C1(CCCCCCCCCC2CC2)CO1. The fourth-order valence-corrected chi connectivity index (χ4v) is 2.77. The van der Waals surface area contributed by atoms with Crippen LogP contribution in [0.5, 0.6) is 0 Å². The fourth-order valence-electron chi connectivity index (χ4n) is 2.77. The maximum Gasteiger partial charge on any atom is 0.340 e. The van der Waals surface area contributed by atoms with E-state index in [-0.39, 0.29) is 5.97 Å². The highest BCUT2D eigenvalue weighted by molar-refractivity contribution is 5.82. The van der Waals surface area contributed by atoms with Crippen molar-refractivity contribution in [2.45, 2.75) is 76.2 Å². The van der Waals surface area contributed by atoms with E-state index in [0.29, 0.717) is 6.61 Å². The maximum atomic E-state index is 11.4. The molecule has 1 aliphatic heterocycles. The van der Waals surface area contributed by atoms with Crippen molar-refractivity contribution in [1.82, 2.24) is 0 Å². The van der Waals surface area contributed by atoms with Gasteiger partial charge in [0, 0.05) is 0 Å². The topological polar surface area (TPSA) is 38.8 Å². The number of carbonyl (C=O) groups is 1. The molecule has 0 aromatic heterocycles. The molecule has 110 valence electrons. The van der Waals surface area contributed by atoms with Gasteiger partial charge in [0.2, 0.25) is 0 Å². The number of carbonyl (C=O) groups excluding carboxylic acids is 1. The van der Waals surface area contributed by atoms with Crippen LogP contribution in [-0.4, -0.2) is 25.3 Å². The lowest BCUT2D eigenvalue weighted by molar-refractivity contribution is -0.147. The fraction of sp³-hybridized carbons (Fsp3) is 0.938. The number of hydrogen-bond acceptors (Lipinski definition) is 3. The summed E-state index contributed by atoms with van der Waals surface area (Å²) in [4.78, 5) is 11.4. The first-order valence-electron chi connectivity index (χ1n) is 7.99. The highest BCUT2D eigenvalue weighted by atomic mass is 16.6. The number of unbranched alkanes of at least 4 members (excludes halogenated alkanes) is 6. The molecule has 1 atom stereocenters. The molecule has 1 heterocycles. The highest BCUT2D eigenvalue weighted by Gasteiger charge is 2.52. The van der Waals surface area contributed by atoms with Crippen molar-refractivity contribution in [3.63, 3.8) is 0 Å². The van der Waals surface area contributed by atoms with Gasteiger partial charge in [-0.25, -0.2) is 4.79 Å². The Kier molecular flexibility index (Phi) is 5.68. The molecule has 2 aliphatic rings. The summed E-state index contributed by atoms with van der Waals surface area (Å²) >= 11 is 0. The molecule has 3 nitrogen and oxygen atoms in total. The van der Waals surface area contributed by atoms with Crippen LogP contribution >= 0.6 is 0 Å². The van der Waals surface area contributed by atoms with Crippen molar-refractivity contribution in [2.24, 2.45) is 5.92 Å². The zero-order chi connectivity index (χ0) is 13.6. The molecule has 2 fully saturated rings. The molecule has 19 heavy (non-hydrogen) atoms. The van der Waals surface area contributed by atoms with Gasteiger partial charge in [0.25, 0.3) is 0 Å². The quantitative estimate of drug-likeness (QED) is 0.324. The van der Waals surface area contributed by atoms with Crippen LogP contribution in [0.1, 0.15) is 70.6 Å². The van der Waals surface area contributed by atoms with E-state index in [1.54, 1.807) is 0 Å². The first-order chi connectivity index (χ1) is 9.27. The maximum absolute atomic E-state index is 11.4. The second-order valence-electron chi connectivity index (χ2n) is 6.23. The van der Waals surface area contributed by atoms with Gasteiger partial charge in [-0.15, -0.1) is 0 Å². The van der Waals surface area contributed by atoms with E-state index in [1.165, 1.54) is 64.9 Å². The summed E-state index contributed by atoms with van der Waals surface area (Å²) in [6.45, 7) is 0.556. The average molecular weight is 268 g/mol. The third-order valence-electron chi connectivity index (χ3n) is 4.44. The predicted octanol–water partition coefficient (Wildman–Crippen LogP) is 3.85. The largest absolute Gasteiger partial charge is 0.467 e. The molecule has 2 rings (SSSR count). The normalized spacial score (nSPS) is 25.3. The summed E-state index contributed by atoms with van der Waals surface area (Å²) in [6.07, 6.45) is 14.4. The lowest BCUT2D eigenvalue weighted by Crippen LogP contribution is -2.25. The Hall–Kier alpha value is -0.570. The van der Waals surface area contributed by atoms with E-state index in [4.69, 9.17) is 9.47 Å². The highest BCUT2D eigenvalue weighted by Crippen LogP contribution is 2.35. The number of ether oxygens (including phenoxy) is 2. The Morgan fingerprint density at radius 3 is 2.21 bits per heavy atom. The number of epoxide rings is 1. The van der Waals surface area contributed by atoms with Gasteiger partial charge >= 0.3 is 5.97 Å². The van der Waals surface area contributed by atoms with Gasteiger partial charge in [0.15, 0.2) is 5.60 Å². The van der Waals surface area contributed by atoms with Crippen molar-refractivity contribution in [2.75, 3.05) is 13.7 Å². The third-order valence-corrected chi connectivity index (χ3v) is 4.44. The lowest BCUT2D eigenvalue weighted by atomic mass is 10.0. The predicted molar refractivity (Wildman–Crippen MR) is 75.0 cm³/mol. The number of hydrogen-bond donors (Lipinski definition) is 0. The van der Waals surface area contributed by atoms with Crippen LogP contribution in [0.4, 0.5) is 0 Å². The molecule has 1 unspecified atom stereocenters. The van der Waals surface area contributed by atoms with Crippen LogP contribution in [0.25, 0.3) is 0 Å². The molecule has 0 bridgehead atoms. The Labute approximate surface area is 117 Å². The molecule has 1 saturated carbocycles. The number of rotatable bonds is 11. The molecular weight excluding hydrogens is 240 g/mol. The van der Waals surface area contributed by atoms with Crippen LogP contribution in [0.2, 0.25) is 0 Å².